The van der Waals surface area contributed by atoms with Crippen molar-refractivity contribution in [3.8, 4) is 0 Å². The van der Waals surface area contributed by atoms with Gasteiger partial charge < -0.3 is 15.2 Å². The maximum absolute atomic E-state index is 11.6. The molecule has 0 unspecified atom stereocenters. The molecule has 14 heavy (non-hydrogen) atoms. The molecule has 0 spiro atoms. The van der Waals surface area contributed by atoms with Crippen LogP contribution in [0.2, 0.25) is 0 Å². The summed E-state index contributed by atoms with van der Waals surface area (Å²) < 4.78 is 27.6. The van der Waals surface area contributed by atoms with Gasteiger partial charge in [0.25, 0.3) is 12.3 Å². The Labute approximate surface area is 81.2 Å². The van der Waals surface area contributed by atoms with Gasteiger partial charge in [0, 0.05) is 6.54 Å². The largest absolute Gasteiger partial charge is 0.381 e. The first kappa shape index (κ1) is 13.2. The molecule has 0 radical (unpaired) electrons. The van der Waals surface area contributed by atoms with Gasteiger partial charge in [0.1, 0.15) is 12.2 Å². The lowest BCUT2D eigenvalue weighted by Gasteiger charge is -2.16. The first-order chi connectivity index (χ1) is 6.34. The van der Waals surface area contributed by atoms with E-state index in [-0.39, 0.29) is 13.2 Å². The van der Waals surface area contributed by atoms with Crippen molar-refractivity contribution in [3.05, 3.63) is 0 Å². The van der Waals surface area contributed by atoms with Crippen molar-refractivity contribution in [2.45, 2.75) is 25.9 Å². The quantitative estimate of drug-likeness (QED) is 0.615. The second-order valence-electron chi connectivity index (χ2n) is 3.28. The predicted molar refractivity (Wildman–Crippen MR) is 46.1 cm³/mol. The van der Waals surface area contributed by atoms with Gasteiger partial charge >= 0.3 is 0 Å². The lowest BCUT2D eigenvalue weighted by molar-refractivity contribution is -0.136. The van der Waals surface area contributed by atoms with E-state index in [1.165, 1.54) is 13.8 Å². The highest BCUT2D eigenvalue weighted by molar-refractivity contribution is 5.83. The highest BCUT2D eigenvalue weighted by atomic mass is 19.3. The molecule has 0 bridgehead atoms. The smallest absolute Gasteiger partial charge is 0.261 e. The van der Waals surface area contributed by atoms with Gasteiger partial charge in [-0.2, -0.15) is 0 Å². The van der Waals surface area contributed by atoms with Crippen LogP contribution in [-0.2, 0) is 9.53 Å². The zero-order chi connectivity index (χ0) is 11.2. The zero-order valence-electron chi connectivity index (χ0n) is 8.22. The van der Waals surface area contributed by atoms with Crippen LogP contribution >= 0.6 is 0 Å². The lowest BCUT2D eigenvalue weighted by atomic mass is 10.1. The van der Waals surface area contributed by atoms with Gasteiger partial charge in [-0.25, -0.2) is 8.78 Å². The van der Waals surface area contributed by atoms with Gasteiger partial charge in [-0.05, 0) is 13.8 Å². The number of halogens is 2. The average molecular weight is 211 g/mol. The number of carbonyl (C=O) groups excluding carboxylic acids is 1. The molecule has 0 saturated heterocycles. The van der Waals surface area contributed by atoms with Crippen molar-refractivity contribution in [1.29, 1.82) is 0 Å². The summed E-state index contributed by atoms with van der Waals surface area (Å²) in [5, 5.41) is 11.5. The molecule has 0 atom stereocenters. The molecule has 0 aromatic heterocycles. The normalized spacial score (nSPS) is 11.9. The fourth-order valence-corrected chi connectivity index (χ4v) is 0.625. The van der Waals surface area contributed by atoms with E-state index >= 15 is 0 Å². The van der Waals surface area contributed by atoms with E-state index in [0.717, 1.165) is 0 Å². The van der Waals surface area contributed by atoms with Crippen LogP contribution in [0, 0.1) is 0 Å². The third-order valence-electron chi connectivity index (χ3n) is 1.33. The van der Waals surface area contributed by atoms with Crippen LogP contribution in [0.25, 0.3) is 0 Å². The number of nitrogens with one attached hydrogen (secondary N) is 1. The van der Waals surface area contributed by atoms with Crippen molar-refractivity contribution >= 4 is 5.91 Å². The maximum atomic E-state index is 11.6. The van der Waals surface area contributed by atoms with Gasteiger partial charge in [-0.15, -0.1) is 0 Å². The molecule has 0 fully saturated rings. The Balaban J connectivity index is 3.42. The summed E-state index contributed by atoms with van der Waals surface area (Å²) in [6.07, 6.45) is -2.50. The number of ether oxygens (including phenoxy) is 1. The molecule has 4 nitrogen and oxygen atoms in total. The minimum atomic E-state index is -2.50. The van der Waals surface area contributed by atoms with Crippen molar-refractivity contribution in [2.24, 2.45) is 0 Å². The summed E-state index contributed by atoms with van der Waals surface area (Å²) >= 11 is 0. The molecule has 0 saturated carbocycles. The molecule has 0 heterocycles. The molecule has 6 heteroatoms. The second-order valence-corrected chi connectivity index (χ2v) is 3.28. The van der Waals surface area contributed by atoms with Crippen LogP contribution in [0.15, 0.2) is 0 Å². The number of alkyl halides is 2. The predicted octanol–water partition coefficient (Wildman–Crippen LogP) is 0.155. The molecule has 0 aliphatic heterocycles. The Morgan fingerprint density at radius 1 is 1.57 bits per heavy atom. The molecule has 0 rings (SSSR count). The van der Waals surface area contributed by atoms with Crippen molar-refractivity contribution in [1.82, 2.24) is 5.32 Å². The number of hydrogen-bond donors (Lipinski definition) is 2. The van der Waals surface area contributed by atoms with Crippen LogP contribution < -0.4 is 5.32 Å². The standard InChI is InChI=1S/C8H15F2NO3/c1-8(2,13)7(12)11-3-4-14-5-6(9)10/h6,13H,3-5H2,1-2H3,(H,11,12). The van der Waals surface area contributed by atoms with Crippen LogP contribution in [0.3, 0.4) is 0 Å². The molecular weight excluding hydrogens is 196 g/mol. The Morgan fingerprint density at radius 2 is 2.14 bits per heavy atom. The van der Waals surface area contributed by atoms with Gasteiger partial charge in [0.2, 0.25) is 0 Å². The Morgan fingerprint density at radius 3 is 2.57 bits per heavy atom. The molecule has 0 aromatic carbocycles. The van der Waals surface area contributed by atoms with E-state index in [1.54, 1.807) is 0 Å². The molecule has 0 aliphatic rings. The molecular formula is C8H15F2NO3. The van der Waals surface area contributed by atoms with E-state index in [4.69, 9.17) is 5.11 Å². The van der Waals surface area contributed by atoms with Crippen LogP contribution in [0.4, 0.5) is 8.78 Å². The summed E-state index contributed by atoms with van der Waals surface area (Å²) in [4.78, 5) is 11.0. The Kier molecular flexibility index (Phi) is 5.56. The van der Waals surface area contributed by atoms with E-state index in [0.29, 0.717) is 0 Å². The first-order valence-corrected chi connectivity index (χ1v) is 4.20. The maximum Gasteiger partial charge on any atom is 0.261 e. The number of amides is 1. The number of hydrogen-bond acceptors (Lipinski definition) is 3. The number of aliphatic hydroxyl groups is 1. The lowest BCUT2D eigenvalue weighted by Crippen LogP contribution is -2.43. The summed E-state index contributed by atoms with van der Waals surface area (Å²) in [5.74, 6) is -0.557. The molecule has 2 N–H and O–H groups in total. The van der Waals surface area contributed by atoms with Crippen molar-refractivity contribution in [2.75, 3.05) is 19.8 Å². The summed E-state index contributed by atoms with van der Waals surface area (Å²) in [6, 6.07) is 0. The molecule has 0 aliphatic carbocycles. The van der Waals surface area contributed by atoms with Crippen molar-refractivity contribution < 1.29 is 23.4 Å². The average Bonchev–Trinajstić information content (AvgIpc) is 2.01. The van der Waals surface area contributed by atoms with E-state index in [2.05, 4.69) is 10.1 Å². The number of rotatable bonds is 6. The molecule has 1 amide bonds. The third kappa shape index (κ3) is 6.73. The minimum Gasteiger partial charge on any atom is -0.381 e. The summed E-state index contributed by atoms with van der Waals surface area (Å²) in [7, 11) is 0. The summed E-state index contributed by atoms with van der Waals surface area (Å²) in [6.45, 7) is 2.14. The van der Waals surface area contributed by atoms with Gasteiger partial charge in [-0.3, -0.25) is 4.79 Å². The highest BCUT2D eigenvalue weighted by Gasteiger charge is 2.22. The fourth-order valence-electron chi connectivity index (χ4n) is 0.625. The Hall–Kier alpha value is -0.750. The number of carbonyl (C=O) groups is 1. The minimum absolute atomic E-state index is 0.00611. The summed E-state index contributed by atoms with van der Waals surface area (Å²) in [5.41, 5.74) is -1.46. The van der Waals surface area contributed by atoms with E-state index < -0.39 is 24.5 Å². The SMILES string of the molecule is CC(C)(O)C(=O)NCCOCC(F)F. The molecule has 0 aromatic rings. The van der Waals surface area contributed by atoms with Crippen LogP contribution in [-0.4, -0.2) is 42.8 Å². The second kappa shape index (κ2) is 5.87. The van der Waals surface area contributed by atoms with Gasteiger partial charge in [-0.1, -0.05) is 0 Å². The monoisotopic (exact) mass is 211 g/mol. The van der Waals surface area contributed by atoms with Gasteiger partial charge in [0.15, 0.2) is 0 Å². The van der Waals surface area contributed by atoms with Crippen LogP contribution in [0.1, 0.15) is 13.8 Å². The highest BCUT2D eigenvalue weighted by Crippen LogP contribution is 1.99. The molecule has 84 valence electrons. The van der Waals surface area contributed by atoms with Gasteiger partial charge in [0.05, 0.1) is 6.61 Å². The van der Waals surface area contributed by atoms with Crippen LogP contribution in [0.5, 0.6) is 0 Å². The first-order valence-electron chi connectivity index (χ1n) is 4.20. The van der Waals surface area contributed by atoms with E-state index in [1.807, 2.05) is 0 Å². The Bertz CT molecular complexity index is 180. The third-order valence-corrected chi connectivity index (χ3v) is 1.33. The van der Waals surface area contributed by atoms with Crippen molar-refractivity contribution in [3.63, 3.8) is 0 Å². The topological polar surface area (TPSA) is 58.6 Å². The van der Waals surface area contributed by atoms with E-state index in [9.17, 15) is 13.6 Å². The fraction of sp³-hybridized carbons (Fsp3) is 0.875. The zero-order valence-corrected chi connectivity index (χ0v) is 8.22.